The second-order valence-corrected chi connectivity index (χ2v) is 8.30. The van der Waals surface area contributed by atoms with Gasteiger partial charge in [0.25, 0.3) is 0 Å². The van der Waals surface area contributed by atoms with E-state index in [-0.39, 0.29) is 6.79 Å². The molecular weight excluding hydrogens is 426 g/mol. The summed E-state index contributed by atoms with van der Waals surface area (Å²) in [5.41, 5.74) is 2.60. The van der Waals surface area contributed by atoms with Crippen molar-refractivity contribution in [3.63, 3.8) is 0 Å². The first kappa shape index (κ1) is 18.2. The van der Waals surface area contributed by atoms with Crippen LogP contribution in [0.4, 0.5) is 5.69 Å². The van der Waals surface area contributed by atoms with Crippen LogP contribution in [-0.4, -0.2) is 17.7 Å². The van der Waals surface area contributed by atoms with Crippen molar-refractivity contribution < 1.29 is 9.47 Å². The normalized spacial score (nSPS) is 13.5. The Morgan fingerprint density at radius 1 is 1.00 bits per heavy atom. The highest BCUT2D eigenvalue weighted by atomic mass is 35.5. The number of aromatic nitrogens is 1. The lowest BCUT2D eigenvalue weighted by atomic mass is 10.2. The first-order valence-electron chi connectivity index (χ1n) is 8.75. The Balaban J connectivity index is 1.60. The van der Waals surface area contributed by atoms with Gasteiger partial charge in [-0.1, -0.05) is 29.8 Å². The summed E-state index contributed by atoms with van der Waals surface area (Å²) in [6, 6.07) is 17.4. The third-order valence-corrected chi connectivity index (χ3v) is 6.27. The number of halogens is 1. The van der Waals surface area contributed by atoms with Gasteiger partial charge >= 0.3 is 0 Å². The largest absolute Gasteiger partial charge is 0.454 e. The monoisotopic (exact) mass is 439 g/mol. The number of thiazole rings is 1. The molecule has 4 aromatic rings. The van der Waals surface area contributed by atoms with Crippen LogP contribution in [0.15, 0.2) is 75.5 Å². The zero-order valence-corrected chi connectivity index (χ0v) is 17.4. The van der Waals surface area contributed by atoms with Crippen molar-refractivity contribution in [3.05, 3.63) is 80.7 Å². The molecule has 29 heavy (non-hydrogen) atoms. The van der Waals surface area contributed by atoms with E-state index in [1.54, 1.807) is 17.6 Å². The number of hydrogen-bond acceptors (Lipinski definition) is 6. The zero-order chi connectivity index (χ0) is 19.6. The van der Waals surface area contributed by atoms with Gasteiger partial charge in [0.1, 0.15) is 0 Å². The summed E-state index contributed by atoms with van der Waals surface area (Å²) in [5, 5.41) is 9.42. The molecule has 2 aromatic carbocycles. The van der Waals surface area contributed by atoms with Gasteiger partial charge in [-0.2, -0.15) is 5.10 Å². The van der Waals surface area contributed by atoms with E-state index in [1.807, 2.05) is 58.6 Å². The van der Waals surface area contributed by atoms with E-state index in [9.17, 15) is 0 Å². The molecule has 5 nitrogen and oxygen atoms in total. The number of thiophene rings is 1. The molecule has 0 atom stereocenters. The van der Waals surface area contributed by atoms with E-state index >= 15 is 0 Å². The van der Waals surface area contributed by atoms with Crippen molar-refractivity contribution in [2.45, 2.75) is 0 Å². The van der Waals surface area contributed by atoms with Gasteiger partial charge in [0, 0.05) is 5.38 Å². The second-order valence-electron chi connectivity index (χ2n) is 6.11. The fourth-order valence-electron chi connectivity index (χ4n) is 2.85. The Morgan fingerprint density at radius 2 is 1.90 bits per heavy atom. The SMILES string of the molecule is Clc1ccccc1N=c1scc(-c2cccs2)n1N=Cc1ccc2c(c1)OCO2. The first-order chi connectivity index (χ1) is 14.3. The molecule has 0 aliphatic carbocycles. The van der Waals surface area contributed by atoms with Crippen LogP contribution in [0, 0.1) is 0 Å². The van der Waals surface area contributed by atoms with Crippen LogP contribution < -0.4 is 14.3 Å². The van der Waals surface area contributed by atoms with Crippen LogP contribution >= 0.6 is 34.3 Å². The fraction of sp³-hybridized carbons (Fsp3) is 0.0476. The smallest absolute Gasteiger partial charge is 0.231 e. The van der Waals surface area contributed by atoms with Gasteiger partial charge in [0.2, 0.25) is 11.6 Å². The molecule has 0 saturated heterocycles. The lowest BCUT2D eigenvalue weighted by molar-refractivity contribution is 0.174. The van der Waals surface area contributed by atoms with E-state index in [0.717, 1.165) is 32.4 Å². The van der Waals surface area contributed by atoms with Crippen LogP contribution in [0.25, 0.3) is 10.6 Å². The van der Waals surface area contributed by atoms with Crippen LogP contribution in [0.5, 0.6) is 11.5 Å². The first-order valence-corrected chi connectivity index (χ1v) is 10.9. The van der Waals surface area contributed by atoms with E-state index in [1.165, 1.54) is 11.3 Å². The minimum absolute atomic E-state index is 0.249. The predicted octanol–water partition coefficient (Wildman–Crippen LogP) is 5.77. The third kappa shape index (κ3) is 3.72. The van der Waals surface area contributed by atoms with Gasteiger partial charge in [-0.25, -0.2) is 9.67 Å². The maximum atomic E-state index is 6.30. The number of para-hydroxylation sites is 1. The Morgan fingerprint density at radius 3 is 2.76 bits per heavy atom. The van der Waals surface area contributed by atoms with Crippen LogP contribution in [0.1, 0.15) is 5.56 Å². The molecule has 5 rings (SSSR count). The zero-order valence-electron chi connectivity index (χ0n) is 15.0. The fourth-order valence-corrected chi connectivity index (χ4v) is 4.67. The number of hydrogen-bond donors (Lipinski definition) is 0. The summed E-state index contributed by atoms with van der Waals surface area (Å²) in [6.45, 7) is 0.249. The topological polar surface area (TPSA) is 48.1 Å². The Bertz CT molecular complexity index is 1260. The highest BCUT2D eigenvalue weighted by Crippen LogP contribution is 2.32. The average Bonchev–Trinajstić information content (AvgIpc) is 3.48. The van der Waals surface area contributed by atoms with Crippen molar-refractivity contribution in [1.82, 2.24) is 4.68 Å². The third-order valence-electron chi connectivity index (χ3n) is 4.25. The molecule has 2 aromatic heterocycles. The summed E-state index contributed by atoms with van der Waals surface area (Å²) in [5.74, 6) is 1.47. The summed E-state index contributed by atoms with van der Waals surface area (Å²) in [6.07, 6.45) is 1.79. The van der Waals surface area contributed by atoms with Gasteiger partial charge in [0.05, 0.1) is 27.5 Å². The van der Waals surface area contributed by atoms with Crippen molar-refractivity contribution >= 4 is 46.2 Å². The van der Waals surface area contributed by atoms with Crippen molar-refractivity contribution in [3.8, 4) is 22.1 Å². The van der Waals surface area contributed by atoms with Crippen LogP contribution in [0.2, 0.25) is 5.02 Å². The highest BCUT2D eigenvalue weighted by molar-refractivity contribution is 7.14. The number of nitrogens with zero attached hydrogens (tertiary/aromatic N) is 3. The molecule has 0 radical (unpaired) electrons. The molecule has 0 bridgehead atoms. The van der Waals surface area contributed by atoms with Gasteiger partial charge in [-0.3, -0.25) is 0 Å². The maximum Gasteiger partial charge on any atom is 0.231 e. The molecular formula is C21H14ClN3O2S2. The number of rotatable bonds is 4. The predicted molar refractivity (Wildman–Crippen MR) is 118 cm³/mol. The minimum Gasteiger partial charge on any atom is -0.454 e. The van der Waals surface area contributed by atoms with Crippen molar-refractivity contribution in [2.75, 3.05) is 6.79 Å². The maximum absolute atomic E-state index is 6.30. The summed E-state index contributed by atoms with van der Waals surface area (Å²) >= 11 is 9.48. The van der Waals surface area contributed by atoms with Crippen LogP contribution in [-0.2, 0) is 0 Å². The van der Waals surface area contributed by atoms with Gasteiger partial charge in [-0.05, 0) is 47.3 Å². The molecule has 3 heterocycles. The van der Waals surface area contributed by atoms with Gasteiger partial charge in [-0.15, -0.1) is 22.7 Å². The lowest BCUT2D eigenvalue weighted by Gasteiger charge is -2.02. The molecule has 1 aliphatic rings. The molecule has 144 valence electrons. The Hall–Kier alpha value is -2.87. The molecule has 0 amide bonds. The number of benzene rings is 2. The van der Waals surface area contributed by atoms with Gasteiger partial charge < -0.3 is 9.47 Å². The minimum atomic E-state index is 0.249. The quantitative estimate of drug-likeness (QED) is 0.379. The summed E-state index contributed by atoms with van der Waals surface area (Å²) in [7, 11) is 0. The number of fused-ring (bicyclic) bond motifs is 1. The lowest BCUT2D eigenvalue weighted by Crippen LogP contribution is -2.11. The van der Waals surface area contributed by atoms with Crippen LogP contribution in [0.3, 0.4) is 0 Å². The van der Waals surface area contributed by atoms with E-state index in [2.05, 4.69) is 11.4 Å². The Labute approximate surface area is 179 Å². The molecule has 0 unspecified atom stereocenters. The highest BCUT2D eigenvalue weighted by Gasteiger charge is 2.13. The molecule has 1 aliphatic heterocycles. The molecule has 8 heteroatoms. The Kier molecular flexibility index (Phi) is 4.93. The molecule has 0 saturated carbocycles. The standard InChI is InChI=1S/C21H14ClN3O2S2/c22-15-4-1-2-5-16(15)24-21-25(17(12-29-21)20-6-3-9-28-20)23-11-14-7-8-18-19(10-14)27-13-26-18/h1-12H,13H2. The number of ether oxygens (including phenoxy) is 2. The molecule has 0 spiro atoms. The summed E-state index contributed by atoms with van der Waals surface area (Å²) in [4.78, 5) is 6.59. The van der Waals surface area contributed by atoms with E-state index < -0.39 is 0 Å². The van der Waals surface area contributed by atoms with E-state index in [0.29, 0.717) is 10.7 Å². The van der Waals surface area contributed by atoms with Gasteiger partial charge in [0.15, 0.2) is 11.5 Å². The summed E-state index contributed by atoms with van der Waals surface area (Å²) < 4.78 is 12.7. The average molecular weight is 440 g/mol. The second kappa shape index (κ2) is 7.87. The molecule has 0 N–H and O–H groups in total. The van der Waals surface area contributed by atoms with Crippen molar-refractivity contribution in [2.24, 2.45) is 10.1 Å². The van der Waals surface area contributed by atoms with E-state index in [4.69, 9.17) is 31.2 Å². The van der Waals surface area contributed by atoms with Crippen molar-refractivity contribution in [1.29, 1.82) is 0 Å². The molecule has 0 fully saturated rings.